The molecule has 1 aromatic carbocycles. The van der Waals surface area contributed by atoms with Gasteiger partial charge >= 0.3 is 0 Å². The Morgan fingerprint density at radius 1 is 1.33 bits per heavy atom. The molecule has 0 unspecified atom stereocenters. The van der Waals surface area contributed by atoms with Crippen molar-refractivity contribution in [3.63, 3.8) is 0 Å². The first kappa shape index (κ1) is 13.0. The Labute approximate surface area is 115 Å². The number of anilines is 1. The maximum Gasteiger partial charge on any atom is 0.148 e. The fourth-order valence-corrected chi connectivity index (χ4v) is 1.93. The highest BCUT2D eigenvalue weighted by atomic mass is 79.9. The van der Waals surface area contributed by atoms with Gasteiger partial charge in [-0.05, 0) is 35.0 Å². The maximum atomic E-state index is 5.65. The summed E-state index contributed by atoms with van der Waals surface area (Å²) in [6, 6.07) is 9.78. The second kappa shape index (κ2) is 6.44. The van der Waals surface area contributed by atoms with Crippen molar-refractivity contribution in [2.75, 3.05) is 18.5 Å². The maximum absolute atomic E-state index is 5.65. The van der Waals surface area contributed by atoms with Crippen LogP contribution >= 0.6 is 15.9 Å². The van der Waals surface area contributed by atoms with Gasteiger partial charge in [-0.2, -0.15) is 5.10 Å². The molecule has 0 spiro atoms. The molecule has 0 aliphatic carbocycles. The van der Waals surface area contributed by atoms with Gasteiger partial charge in [0.25, 0.3) is 0 Å². The van der Waals surface area contributed by atoms with Gasteiger partial charge in [-0.25, -0.2) is 0 Å². The van der Waals surface area contributed by atoms with E-state index in [0.717, 1.165) is 29.1 Å². The lowest BCUT2D eigenvalue weighted by Gasteiger charge is -2.08. The van der Waals surface area contributed by atoms with Crippen molar-refractivity contribution in [2.24, 2.45) is 0 Å². The van der Waals surface area contributed by atoms with Crippen LogP contribution in [0.1, 0.15) is 6.92 Å². The summed E-state index contributed by atoms with van der Waals surface area (Å²) in [7, 11) is 0. The predicted octanol–water partition coefficient (Wildman–Crippen LogP) is 3.16. The monoisotopic (exact) mass is 309 g/mol. The van der Waals surface area contributed by atoms with Gasteiger partial charge < -0.3 is 10.1 Å². The zero-order valence-electron chi connectivity index (χ0n) is 10.3. The van der Waals surface area contributed by atoms with Crippen molar-refractivity contribution in [1.82, 2.24) is 9.78 Å². The fourth-order valence-electron chi connectivity index (χ4n) is 1.53. The predicted molar refractivity (Wildman–Crippen MR) is 76.0 cm³/mol. The van der Waals surface area contributed by atoms with Crippen molar-refractivity contribution >= 4 is 21.7 Å². The van der Waals surface area contributed by atoms with Gasteiger partial charge in [-0.1, -0.05) is 12.1 Å². The SMILES string of the molecule is CCn1ccc(NCCOc2ccccc2Br)n1. The van der Waals surface area contributed by atoms with E-state index in [1.807, 2.05) is 41.2 Å². The number of nitrogens with zero attached hydrogens (tertiary/aromatic N) is 2. The molecule has 0 aliphatic rings. The lowest BCUT2D eigenvalue weighted by molar-refractivity contribution is 0.330. The zero-order valence-corrected chi connectivity index (χ0v) is 11.9. The van der Waals surface area contributed by atoms with E-state index in [1.165, 1.54) is 0 Å². The molecule has 1 aromatic heterocycles. The Morgan fingerprint density at radius 2 is 2.17 bits per heavy atom. The number of ether oxygens (including phenoxy) is 1. The number of para-hydroxylation sites is 1. The summed E-state index contributed by atoms with van der Waals surface area (Å²) < 4.78 is 8.51. The molecule has 0 amide bonds. The van der Waals surface area contributed by atoms with E-state index in [9.17, 15) is 0 Å². The molecule has 0 saturated heterocycles. The minimum Gasteiger partial charge on any atom is -0.491 e. The van der Waals surface area contributed by atoms with Gasteiger partial charge in [0.1, 0.15) is 18.2 Å². The average molecular weight is 310 g/mol. The second-order valence-electron chi connectivity index (χ2n) is 3.76. The standard InChI is InChI=1S/C13H16BrN3O/c1-2-17-9-7-13(16-17)15-8-10-18-12-6-4-3-5-11(12)14/h3-7,9H,2,8,10H2,1H3,(H,15,16). The number of nitrogens with one attached hydrogen (secondary N) is 1. The van der Waals surface area contributed by atoms with Crippen molar-refractivity contribution < 1.29 is 4.74 Å². The molecule has 0 radical (unpaired) electrons. The Kier molecular flexibility index (Phi) is 4.64. The molecule has 2 aromatic rings. The Bertz CT molecular complexity index is 498. The van der Waals surface area contributed by atoms with Crippen LogP contribution in [0.25, 0.3) is 0 Å². The van der Waals surface area contributed by atoms with Gasteiger partial charge in [-0.15, -0.1) is 0 Å². The number of benzene rings is 1. The highest BCUT2D eigenvalue weighted by Crippen LogP contribution is 2.23. The summed E-state index contributed by atoms with van der Waals surface area (Å²) in [6.45, 7) is 4.27. The number of halogens is 1. The normalized spacial score (nSPS) is 10.3. The lowest BCUT2D eigenvalue weighted by atomic mass is 10.3. The van der Waals surface area contributed by atoms with E-state index in [0.29, 0.717) is 6.61 Å². The van der Waals surface area contributed by atoms with Crippen LogP contribution in [0.2, 0.25) is 0 Å². The van der Waals surface area contributed by atoms with Crippen LogP contribution in [-0.2, 0) is 6.54 Å². The number of hydrogen-bond donors (Lipinski definition) is 1. The van der Waals surface area contributed by atoms with Crippen molar-refractivity contribution in [3.8, 4) is 5.75 Å². The van der Waals surface area contributed by atoms with Crippen LogP contribution in [0.5, 0.6) is 5.75 Å². The number of rotatable bonds is 6. The molecule has 0 bridgehead atoms. The molecule has 18 heavy (non-hydrogen) atoms. The molecule has 1 heterocycles. The Morgan fingerprint density at radius 3 is 2.89 bits per heavy atom. The van der Waals surface area contributed by atoms with Crippen molar-refractivity contribution in [3.05, 3.63) is 41.0 Å². The zero-order chi connectivity index (χ0) is 12.8. The van der Waals surface area contributed by atoms with E-state index < -0.39 is 0 Å². The van der Waals surface area contributed by atoms with Crippen LogP contribution in [0.15, 0.2) is 41.0 Å². The molecule has 5 heteroatoms. The van der Waals surface area contributed by atoms with Crippen LogP contribution in [0, 0.1) is 0 Å². The second-order valence-corrected chi connectivity index (χ2v) is 4.62. The quantitative estimate of drug-likeness (QED) is 0.833. The molecule has 96 valence electrons. The topological polar surface area (TPSA) is 39.1 Å². The van der Waals surface area contributed by atoms with Crippen LogP contribution < -0.4 is 10.1 Å². The largest absolute Gasteiger partial charge is 0.491 e. The first-order valence-electron chi connectivity index (χ1n) is 5.94. The minimum absolute atomic E-state index is 0.599. The van der Waals surface area contributed by atoms with Crippen LogP contribution in [0.3, 0.4) is 0 Å². The molecule has 4 nitrogen and oxygen atoms in total. The molecule has 0 atom stereocenters. The van der Waals surface area contributed by atoms with Gasteiger partial charge in [-0.3, -0.25) is 4.68 Å². The van der Waals surface area contributed by atoms with Gasteiger partial charge in [0.2, 0.25) is 0 Å². The third kappa shape index (κ3) is 3.50. The summed E-state index contributed by atoms with van der Waals surface area (Å²) in [5, 5.41) is 7.55. The van der Waals surface area contributed by atoms with Gasteiger partial charge in [0, 0.05) is 18.8 Å². The fraction of sp³-hybridized carbons (Fsp3) is 0.308. The molecule has 0 saturated carbocycles. The first-order valence-corrected chi connectivity index (χ1v) is 6.73. The summed E-state index contributed by atoms with van der Waals surface area (Å²) >= 11 is 3.44. The smallest absolute Gasteiger partial charge is 0.148 e. The third-order valence-corrected chi connectivity index (χ3v) is 3.12. The molecule has 2 rings (SSSR count). The van der Waals surface area contributed by atoms with Crippen molar-refractivity contribution in [2.45, 2.75) is 13.5 Å². The van der Waals surface area contributed by atoms with E-state index >= 15 is 0 Å². The van der Waals surface area contributed by atoms with E-state index in [2.05, 4.69) is 33.3 Å². The van der Waals surface area contributed by atoms with E-state index in [1.54, 1.807) is 0 Å². The highest BCUT2D eigenvalue weighted by molar-refractivity contribution is 9.10. The van der Waals surface area contributed by atoms with Crippen molar-refractivity contribution in [1.29, 1.82) is 0 Å². The summed E-state index contributed by atoms with van der Waals surface area (Å²) in [4.78, 5) is 0. The average Bonchev–Trinajstić information content (AvgIpc) is 2.84. The van der Waals surface area contributed by atoms with Gasteiger partial charge in [0.05, 0.1) is 11.0 Å². The molecule has 0 fully saturated rings. The van der Waals surface area contributed by atoms with Gasteiger partial charge in [0.15, 0.2) is 0 Å². The molecular weight excluding hydrogens is 294 g/mol. The number of hydrogen-bond acceptors (Lipinski definition) is 3. The highest BCUT2D eigenvalue weighted by Gasteiger charge is 1.99. The molecular formula is C13H16BrN3O. The number of aromatic nitrogens is 2. The molecule has 1 N–H and O–H groups in total. The summed E-state index contributed by atoms with van der Waals surface area (Å²) in [6.07, 6.45) is 1.96. The summed E-state index contributed by atoms with van der Waals surface area (Å²) in [5.41, 5.74) is 0. The van der Waals surface area contributed by atoms with E-state index in [4.69, 9.17) is 4.74 Å². The first-order chi connectivity index (χ1) is 8.79. The Hall–Kier alpha value is -1.49. The third-order valence-electron chi connectivity index (χ3n) is 2.47. The Balaban J connectivity index is 1.74. The summed E-state index contributed by atoms with van der Waals surface area (Å²) in [5.74, 6) is 1.74. The van der Waals surface area contributed by atoms with Crippen LogP contribution in [0.4, 0.5) is 5.82 Å². The van der Waals surface area contributed by atoms with E-state index in [-0.39, 0.29) is 0 Å². The number of aryl methyl sites for hydroxylation is 1. The molecule has 0 aliphatic heterocycles. The minimum atomic E-state index is 0.599. The lowest BCUT2D eigenvalue weighted by Crippen LogP contribution is -2.12. The van der Waals surface area contributed by atoms with Crippen LogP contribution in [-0.4, -0.2) is 22.9 Å².